The van der Waals surface area contributed by atoms with Crippen molar-refractivity contribution >= 4 is 43.2 Å². The van der Waals surface area contributed by atoms with Crippen molar-refractivity contribution in [1.82, 2.24) is 0 Å². The molecule has 0 heterocycles. The molecule has 0 unspecified atom stereocenters. The number of halogens is 2. The highest BCUT2D eigenvalue weighted by Gasteiger charge is 2.14. The van der Waals surface area contributed by atoms with E-state index in [1.165, 1.54) is 0 Å². The molecule has 0 aliphatic rings. The lowest BCUT2D eigenvalue weighted by atomic mass is 10.1. The number of rotatable bonds is 5. The first kappa shape index (κ1) is 16.3. The Morgan fingerprint density at radius 1 is 1.10 bits per heavy atom. The number of sulfonamides is 1. The molecule has 3 N–H and O–H groups in total. The van der Waals surface area contributed by atoms with E-state index in [2.05, 4.69) is 20.7 Å². The fourth-order valence-corrected chi connectivity index (χ4v) is 3.63. The van der Waals surface area contributed by atoms with Gasteiger partial charge in [0.2, 0.25) is 10.0 Å². The predicted octanol–water partition coefficient (Wildman–Crippen LogP) is 3.50. The zero-order valence-electron chi connectivity index (χ0n) is 11.0. The van der Waals surface area contributed by atoms with Gasteiger partial charge >= 0.3 is 0 Å². The van der Waals surface area contributed by atoms with Crippen LogP contribution in [0.25, 0.3) is 0 Å². The van der Waals surface area contributed by atoms with E-state index in [0.29, 0.717) is 27.3 Å². The first-order valence-electron chi connectivity index (χ1n) is 6.13. The van der Waals surface area contributed by atoms with Crippen molar-refractivity contribution in [2.24, 2.45) is 5.73 Å². The molecule has 0 radical (unpaired) electrons. The molecule has 4 nitrogen and oxygen atoms in total. The maximum absolute atomic E-state index is 12.2. The molecule has 0 aliphatic carbocycles. The van der Waals surface area contributed by atoms with Gasteiger partial charge < -0.3 is 5.73 Å². The highest BCUT2D eigenvalue weighted by Crippen LogP contribution is 2.27. The quantitative estimate of drug-likeness (QED) is 0.822. The largest absolute Gasteiger partial charge is 0.326 e. The molecule has 112 valence electrons. The van der Waals surface area contributed by atoms with Crippen LogP contribution < -0.4 is 10.5 Å². The molecule has 0 spiro atoms. The lowest BCUT2D eigenvalue weighted by molar-refractivity contribution is 0.600. The number of nitrogens with one attached hydrogen (secondary N) is 1. The van der Waals surface area contributed by atoms with Crippen molar-refractivity contribution in [2.75, 3.05) is 4.72 Å². The SMILES string of the molecule is NCc1ccc(CS(=O)(=O)Nc2cc(Cl)ccc2Br)cc1. The minimum absolute atomic E-state index is 0.114. The molecule has 0 bridgehead atoms. The third-order valence-corrected chi connectivity index (χ3v) is 4.98. The molecular weight excluding hydrogens is 376 g/mol. The van der Waals surface area contributed by atoms with Gasteiger partial charge in [0.1, 0.15) is 0 Å². The highest BCUT2D eigenvalue weighted by molar-refractivity contribution is 9.10. The van der Waals surface area contributed by atoms with Crippen molar-refractivity contribution in [1.29, 1.82) is 0 Å². The highest BCUT2D eigenvalue weighted by atomic mass is 79.9. The summed E-state index contributed by atoms with van der Waals surface area (Å²) in [5, 5.41) is 0.461. The zero-order chi connectivity index (χ0) is 15.5. The molecular formula is C14H14BrClN2O2S. The summed E-state index contributed by atoms with van der Waals surface area (Å²) in [5.74, 6) is -0.114. The van der Waals surface area contributed by atoms with Gasteiger partial charge in [-0.2, -0.15) is 0 Å². The van der Waals surface area contributed by atoms with Crippen LogP contribution >= 0.6 is 27.5 Å². The number of benzene rings is 2. The van der Waals surface area contributed by atoms with Gasteiger partial charge in [-0.3, -0.25) is 4.72 Å². The summed E-state index contributed by atoms with van der Waals surface area (Å²) in [4.78, 5) is 0. The van der Waals surface area contributed by atoms with E-state index in [4.69, 9.17) is 17.3 Å². The summed E-state index contributed by atoms with van der Waals surface area (Å²) in [7, 11) is -3.52. The number of hydrogen-bond donors (Lipinski definition) is 2. The van der Waals surface area contributed by atoms with E-state index in [1.54, 1.807) is 30.3 Å². The lowest BCUT2D eigenvalue weighted by Crippen LogP contribution is -2.15. The summed E-state index contributed by atoms with van der Waals surface area (Å²) in [6.07, 6.45) is 0. The van der Waals surface area contributed by atoms with Crippen LogP contribution in [-0.2, 0) is 22.3 Å². The van der Waals surface area contributed by atoms with Crippen LogP contribution in [0.2, 0.25) is 5.02 Å². The third kappa shape index (κ3) is 4.71. The Morgan fingerprint density at radius 3 is 2.33 bits per heavy atom. The van der Waals surface area contributed by atoms with Crippen LogP contribution in [0.15, 0.2) is 46.9 Å². The van der Waals surface area contributed by atoms with Crippen LogP contribution in [0.3, 0.4) is 0 Å². The predicted molar refractivity (Wildman–Crippen MR) is 89.7 cm³/mol. The standard InChI is InChI=1S/C14H14BrClN2O2S/c15-13-6-5-12(16)7-14(13)18-21(19,20)9-11-3-1-10(8-17)2-4-11/h1-7,18H,8-9,17H2. The zero-order valence-corrected chi connectivity index (χ0v) is 14.2. The van der Waals surface area contributed by atoms with Crippen molar-refractivity contribution < 1.29 is 8.42 Å². The van der Waals surface area contributed by atoms with Gasteiger partial charge in [0, 0.05) is 16.0 Å². The Morgan fingerprint density at radius 2 is 1.71 bits per heavy atom. The van der Waals surface area contributed by atoms with Crippen molar-refractivity contribution in [3.05, 3.63) is 63.1 Å². The minimum atomic E-state index is -3.52. The first-order chi connectivity index (χ1) is 9.89. The minimum Gasteiger partial charge on any atom is -0.326 e. The van der Waals surface area contributed by atoms with E-state index >= 15 is 0 Å². The molecule has 0 amide bonds. The van der Waals surface area contributed by atoms with E-state index in [-0.39, 0.29) is 5.75 Å². The molecule has 0 aromatic heterocycles. The molecule has 0 aliphatic heterocycles. The van der Waals surface area contributed by atoms with Crippen molar-refractivity contribution in [2.45, 2.75) is 12.3 Å². The van der Waals surface area contributed by atoms with Gasteiger partial charge in [0.05, 0.1) is 11.4 Å². The van der Waals surface area contributed by atoms with Crippen molar-refractivity contribution in [3.8, 4) is 0 Å². The Balaban J connectivity index is 2.16. The maximum atomic E-state index is 12.2. The molecule has 0 fully saturated rings. The van der Waals surface area contributed by atoms with Crippen LogP contribution in [0, 0.1) is 0 Å². The summed E-state index contributed by atoms with van der Waals surface area (Å²) in [6.45, 7) is 0.431. The Hall–Kier alpha value is -1.08. The number of anilines is 1. The van der Waals surface area contributed by atoms with Crippen LogP contribution in [0.1, 0.15) is 11.1 Å². The van der Waals surface area contributed by atoms with Gasteiger partial charge in [0.25, 0.3) is 0 Å². The molecule has 2 rings (SSSR count). The Kier molecular flexibility index (Phi) is 5.27. The average Bonchev–Trinajstić information content (AvgIpc) is 2.43. The Labute approximate surface area is 137 Å². The smallest absolute Gasteiger partial charge is 0.236 e. The van der Waals surface area contributed by atoms with Crippen LogP contribution in [-0.4, -0.2) is 8.42 Å². The van der Waals surface area contributed by atoms with E-state index < -0.39 is 10.0 Å². The van der Waals surface area contributed by atoms with E-state index in [0.717, 1.165) is 5.56 Å². The molecule has 0 saturated heterocycles. The normalized spacial score (nSPS) is 11.4. The molecule has 21 heavy (non-hydrogen) atoms. The molecule has 7 heteroatoms. The van der Waals surface area contributed by atoms with Crippen LogP contribution in [0.4, 0.5) is 5.69 Å². The second kappa shape index (κ2) is 6.79. The molecule has 2 aromatic carbocycles. The van der Waals surface area contributed by atoms with Gasteiger partial charge in [-0.05, 0) is 45.3 Å². The van der Waals surface area contributed by atoms with E-state index in [9.17, 15) is 8.42 Å². The second-order valence-corrected chi connectivity index (χ2v) is 7.52. The van der Waals surface area contributed by atoms with Crippen molar-refractivity contribution in [3.63, 3.8) is 0 Å². The monoisotopic (exact) mass is 388 g/mol. The summed E-state index contributed by atoms with van der Waals surface area (Å²) in [6, 6.07) is 12.1. The van der Waals surface area contributed by atoms with Crippen LogP contribution in [0.5, 0.6) is 0 Å². The maximum Gasteiger partial charge on any atom is 0.236 e. The number of hydrogen-bond acceptors (Lipinski definition) is 3. The molecule has 0 atom stereocenters. The van der Waals surface area contributed by atoms with Gasteiger partial charge in [0.15, 0.2) is 0 Å². The fraction of sp³-hybridized carbons (Fsp3) is 0.143. The van der Waals surface area contributed by atoms with Gasteiger partial charge in [-0.25, -0.2) is 8.42 Å². The second-order valence-electron chi connectivity index (χ2n) is 4.51. The number of nitrogens with two attached hydrogens (primary N) is 1. The van der Waals surface area contributed by atoms with Gasteiger partial charge in [-0.1, -0.05) is 35.9 Å². The summed E-state index contributed by atoms with van der Waals surface area (Å²) < 4.78 is 27.5. The first-order valence-corrected chi connectivity index (χ1v) is 8.95. The Bertz CT molecular complexity index is 733. The topological polar surface area (TPSA) is 72.2 Å². The molecule has 0 saturated carbocycles. The van der Waals surface area contributed by atoms with E-state index in [1.807, 2.05) is 12.1 Å². The van der Waals surface area contributed by atoms with Gasteiger partial charge in [-0.15, -0.1) is 0 Å². The third-order valence-electron chi connectivity index (χ3n) is 2.81. The molecule has 2 aromatic rings. The summed E-state index contributed by atoms with van der Waals surface area (Å²) in [5.41, 5.74) is 7.58. The summed E-state index contributed by atoms with van der Waals surface area (Å²) >= 11 is 9.16. The average molecular weight is 390 g/mol. The fourth-order valence-electron chi connectivity index (χ4n) is 1.77. The lowest BCUT2D eigenvalue weighted by Gasteiger charge is -2.10.